The number of amides is 2. The molecule has 3 N–H and O–H groups in total. The molecule has 0 fully saturated rings. The van der Waals surface area contributed by atoms with Gasteiger partial charge in [-0.1, -0.05) is 25.5 Å². The number of ether oxygens (including phenoxy) is 1. The topological polar surface area (TPSA) is 81.4 Å². The molecule has 2 aromatic rings. The largest absolute Gasteiger partial charge is 0.496 e. The standard InChI is InChI=1S/C19H22N2O3S/c1-3-11-8-9-13-15(10-11)25-19(16(13)17(20)22)21-18(23)12-6-4-5-7-14(12)24-2/h4-7,11H,3,8-10H2,1-2H3,(H2,20,22)(H,21,23)/t11-/m1/s1. The minimum atomic E-state index is -0.484. The highest BCUT2D eigenvalue weighted by Crippen LogP contribution is 2.40. The van der Waals surface area contributed by atoms with E-state index in [-0.39, 0.29) is 5.91 Å². The van der Waals surface area contributed by atoms with Crippen molar-refractivity contribution in [1.82, 2.24) is 0 Å². The molecule has 1 aromatic heterocycles. The summed E-state index contributed by atoms with van der Waals surface area (Å²) < 4.78 is 5.24. The van der Waals surface area contributed by atoms with E-state index in [0.717, 1.165) is 31.2 Å². The number of nitrogens with one attached hydrogen (secondary N) is 1. The number of primary amides is 1. The van der Waals surface area contributed by atoms with Crippen LogP contribution in [-0.2, 0) is 12.8 Å². The lowest BCUT2D eigenvalue weighted by atomic mass is 9.85. The third-order valence-corrected chi connectivity index (χ3v) is 5.94. The van der Waals surface area contributed by atoms with E-state index in [4.69, 9.17) is 10.5 Å². The molecule has 1 heterocycles. The van der Waals surface area contributed by atoms with Gasteiger partial charge in [-0.2, -0.15) is 0 Å². The van der Waals surface area contributed by atoms with Gasteiger partial charge in [-0.3, -0.25) is 9.59 Å². The van der Waals surface area contributed by atoms with Crippen LogP contribution in [-0.4, -0.2) is 18.9 Å². The quantitative estimate of drug-likeness (QED) is 0.856. The van der Waals surface area contributed by atoms with Gasteiger partial charge in [0.15, 0.2) is 0 Å². The molecule has 5 nitrogen and oxygen atoms in total. The van der Waals surface area contributed by atoms with Crippen molar-refractivity contribution in [1.29, 1.82) is 0 Å². The molecule has 0 spiro atoms. The number of thiophene rings is 1. The summed E-state index contributed by atoms with van der Waals surface area (Å²) in [5.74, 6) is 0.339. The Hall–Kier alpha value is -2.34. The Morgan fingerprint density at radius 2 is 2.12 bits per heavy atom. The van der Waals surface area contributed by atoms with Crippen molar-refractivity contribution in [3.63, 3.8) is 0 Å². The highest BCUT2D eigenvalue weighted by atomic mass is 32.1. The molecule has 6 heteroatoms. The van der Waals surface area contributed by atoms with Gasteiger partial charge in [-0.25, -0.2) is 0 Å². The third-order valence-electron chi connectivity index (χ3n) is 4.77. The highest BCUT2D eigenvalue weighted by molar-refractivity contribution is 7.17. The van der Waals surface area contributed by atoms with Gasteiger partial charge in [0.25, 0.3) is 11.8 Å². The van der Waals surface area contributed by atoms with Crippen molar-refractivity contribution < 1.29 is 14.3 Å². The molecule has 1 aliphatic rings. The minimum absolute atomic E-state index is 0.300. The van der Waals surface area contributed by atoms with Crippen molar-refractivity contribution in [2.24, 2.45) is 11.7 Å². The van der Waals surface area contributed by atoms with Crippen LogP contribution in [0.3, 0.4) is 0 Å². The van der Waals surface area contributed by atoms with Crippen molar-refractivity contribution in [2.45, 2.75) is 32.6 Å². The molecule has 0 aliphatic heterocycles. The maximum atomic E-state index is 12.7. The first-order chi connectivity index (χ1) is 12.0. The maximum absolute atomic E-state index is 12.7. The molecule has 0 bridgehead atoms. The number of rotatable bonds is 5. The monoisotopic (exact) mass is 358 g/mol. The Morgan fingerprint density at radius 3 is 2.80 bits per heavy atom. The second-order valence-corrected chi connectivity index (χ2v) is 7.35. The fourth-order valence-electron chi connectivity index (χ4n) is 3.35. The van der Waals surface area contributed by atoms with Crippen molar-refractivity contribution in [3.05, 3.63) is 45.8 Å². The van der Waals surface area contributed by atoms with Gasteiger partial charge < -0.3 is 15.8 Å². The third kappa shape index (κ3) is 3.39. The van der Waals surface area contributed by atoms with Crippen LogP contribution in [0.5, 0.6) is 5.75 Å². The second kappa shape index (κ2) is 7.27. The van der Waals surface area contributed by atoms with Crippen molar-refractivity contribution in [3.8, 4) is 5.75 Å². The number of hydrogen-bond acceptors (Lipinski definition) is 4. The first-order valence-corrected chi connectivity index (χ1v) is 9.25. The van der Waals surface area contributed by atoms with Crippen LogP contribution >= 0.6 is 11.3 Å². The summed E-state index contributed by atoms with van der Waals surface area (Å²) in [5, 5.41) is 3.42. The Morgan fingerprint density at radius 1 is 1.36 bits per heavy atom. The number of hydrogen-bond donors (Lipinski definition) is 2. The fraction of sp³-hybridized carbons (Fsp3) is 0.368. The summed E-state index contributed by atoms with van der Waals surface area (Å²) in [6, 6.07) is 7.00. The van der Waals surface area contributed by atoms with Gasteiger partial charge in [-0.15, -0.1) is 11.3 Å². The molecule has 25 heavy (non-hydrogen) atoms. The summed E-state index contributed by atoms with van der Waals surface area (Å²) in [4.78, 5) is 25.8. The zero-order chi connectivity index (χ0) is 18.0. The van der Waals surface area contributed by atoms with Crippen LogP contribution < -0.4 is 15.8 Å². The lowest BCUT2D eigenvalue weighted by molar-refractivity contribution is 0.1000. The zero-order valence-corrected chi connectivity index (χ0v) is 15.2. The molecule has 0 unspecified atom stereocenters. The molecule has 3 rings (SSSR count). The number of carbonyl (C=O) groups excluding carboxylic acids is 2. The fourth-order valence-corrected chi connectivity index (χ4v) is 4.72. The van der Waals surface area contributed by atoms with E-state index in [0.29, 0.717) is 27.8 Å². The van der Waals surface area contributed by atoms with E-state index in [2.05, 4.69) is 12.2 Å². The Kier molecular flexibility index (Phi) is 5.08. The van der Waals surface area contributed by atoms with E-state index in [9.17, 15) is 9.59 Å². The van der Waals surface area contributed by atoms with Crippen LogP contribution in [0.2, 0.25) is 0 Å². The maximum Gasteiger partial charge on any atom is 0.260 e. The summed E-state index contributed by atoms with van der Waals surface area (Å²) in [6.07, 6.45) is 3.96. The lowest BCUT2D eigenvalue weighted by Crippen LogP contribution is -2.20. The predicted molar refractivity (Wildman–Crippen MR) is 99.6 cm³/mol. The molecule has 1 aromatic carbocycles. The molecule has 0 radical (unpaired) electrons. The summed E-state index contributed by atoms with van der Waals surface area (Å²) in [5.41, 5.74) is 7.52. The molecule has 1 atom stereocenters. The molecule has 132 valence electrons. The predicted octanol–water partition coefficient (Wildman–Crippen LogP) is 3.62. The van der Waals surface area contributed by atoms with E-state index >= 15 is 0 Å². The molecular weight excluding hydrogens is 336 g/mol. The van der Waals surface area contributed by atoms with Gasteiger partial charge in [0.05, 0.1) is 18.2 Å². The van der Waals surface area contributed by atoms with Crippen LogP contribution in [0, 0.1) is 5.92 Å². The van der Waals surface area contributed by atoms with Gasteiger partial charge in [0.1, 0.15) is 10.8 Å². The number of benzene rings is 1. The molecule has 1 aliphatic carbocycles. The van der Waals surface area contributed by atoms with Crippen molar-refractivity contribution in [2.75, 3.05) is 12.4 Å². The zero-order valence-electron chi connectivity index (χ0n) is 14.4. The summed E-state index contributed by atoms with van der Waals surface area (Å²) in [6.45, 7) is 2.18. The SMILES string of the molecule is CC[C@@H]1CCc2c(sc(NC(=O)c3ccccc3OC)c2C(N)=O)C1. The Balaban J connectivity index is 1.93. The van der Waals surface area contributed by atoms with Gasteiger partial charge in [0, 0.05) is 4.88 Å². The lowest BCUT2D eigenvalue weighted by Gasteiger charge is -2.20. The summed E-state index contributed by atoms with van der Waals surface area (Å²) >= 11 is 1.47. The van der Waals surface area contributed by atoms with E-state index in [1.165, 1.54) is 23.3 Å². The van der Waals surface area contributed by atoms with E-state index in [1.807, 2.05) is 0 Å². The normalized spacial score (nSPS) is 16.2. The number of para-hydroxylation sites is 1. The van der Waals surface area contributed by atoms with Crippen LogP contribution in [0.15, 0.2) is 24.3 Å². The van der Waals surface area contributed by atoms with E-state index in [1.54, 1.807) is 24.3 Å². The van der Waals surface area contributed by atoms with Crippen molar-refractivity contribution >= 4 is 28.2 Å². The number of carbonyl (C=O) groups is 2. The van der Waals surface area contributed by atoms with Crippen LogP contribution in [0.4, 0.5) is 5.00 Å². The Bertz CT molecular complexity index is 813. The van der Waals surface area contributed by atoms with Gasteiger partial charge in [-0.05, 0) is 42.9 Å². The second-order valence-electron chi connectivity index (χ2n) is 6.24. The van der Waals surface area contributed by atoms with Gasteiger partial charge >= 0.3 is 0 Å². The number of nitrogens with two attached hydrogens (primary N) is 1. The summed E-state index contributed by atoms with van der Waals surface area (Å²) in [7, 11) is 1.52. The van der Waals surface area contributed by atoms with E-state index < -0.39 is 5.91 Å². The van der Waals surface area contributed by atoms with Gasteiger partial charge in [0.2, 0.25) is 0 Å². The average Bonchev–Trinajstić information content (AvgIpc) is 2.98. The first-order valence-electron chi connectivity index (χ1n) is 8.43. The molecule has 0 saturated carbocycles. The van der Waals surface area contributed by atoms with Crippen LogP contribution in [0.1, 0.15) is 50.9 Å². The first kappa shape index (κ1) is 17.5. The Labute approximate surface area is 151 Å². The number of methoxy groups -OCH3 is 1. The average molecular weight is 358 g/mol. The number of anilines is 1. The molecule has 2 amide bonds. The molecular formula is C19H22N2O3S. The highest BCUT2D eigenvalue weighted by Gasteiger charge is 2.28. The number of fused-ring (bicyclic) bond motifs is 1. The molecule has 0 saturated heterocycles. The van der Waals surface area contributed by atoms with Crippen LogP contribution in [0.25, 0.3) is 0 Å². The minimum Gasteiger partial charge on any atom is -0.496 e. The smallest absolute Gasteiger partial charge is 0.260 e.